The second-order valence-electron chi connectivity index (χ2n) is 4.36. The molecule has 0 fully saturated rings. The van der Waals surface area contributed by atoms with Gasteiger partial charge in [-0.05, 0) is 24.6 Å². The van der Waals surface area contributed by atoms with Crippen LogP contribution in [0.3, 0.4) is 0 Å². The third kappa shape index (κ3) is 2.93. The van der Waals surface area contributed by atoms with Gasteiger partial charge in [-0.1, -0.05) is 30.3 Å². The Labute approximate surface area is 115 Å². The molecule has 0 amide bonds. The third-order valence-electron chi connectivity index (χ3n) is 2.92. The Hall–Kier alpha value is -2.01. The van der Waals surface area contributed by atoms with E-state index in [4.69, 9.17) is 10.5 Å². The van der Waals surface area contributed by atoms with Crippen LogP contribution in [0.4, 0.5) is 13.2 Å². The van der Waals surface area contributed by atoms with Crippen molar-refractivity contribution in [1.82, 2.24) is 0 Å². The van der Waals surface area contributed by atoms with Gasteiger partial charge in [-0.2, -0.15) is 13.2 Å². The van der Waals surface area contributed by atoms with E-state index in [1.165, 1.54) is 18.2 Å². The van der Waals surface area contributed by atoms with Crippen molar-refractivity contribution in [2.24, 2.45) is 5.73 Å². The van der Waals surface area contributed by atoms with Crippen molar-refractivity contribution < 1.29 is 17.9 Å². The molecule has 2 aromatic rings. The molecule has 0 spiro atoms. The minimum atomic E-state index is -4.46. The van der Waals surface area contributed by atoms with Gasteiger partial charge in [0.2, 0.25) is 0 Å². The average Bonchev–Trinajstić information content (AvgIpc) is 2.40. The Kier molecular flexibility index (Phi) is 3.99. The van der Waals surface area contributed by atoms with Crippen molar-refractivity contribution in [3.05, 3.63) is 59.2 Å². The van der Waals surface area contributed by atoms with Crippen LogP contribution in [0.1, 0.15) is 16.7 Å². The van der Waals surface area contributed by atoms with Crippen molar-refractivity contribution in [2.75, 3.05) is 0 Å². The number of aryl methyl sites for hydroxylation is 1. The highest BCUT2D eigenvalue weighted by Gasteiger charge is 2.34. The molecule has 0 aliphatic heterocycles. The molecule has 0 aliphatic rings. The summed E-state index contributed by atoms with van der Waals surface area (Å²) in [5.41, 5.74) is 6.20. The summed E-state index contributed by atoms with van der Waals surface area (Å²) in [7, 11) is 0. The van der Waals surface area contributed by atoms with Crippen molar-refractivity contribution in [1.29, 1.82) is 0 Å². The first-order valence-electron chi connectivity index (χ1n) is 6.06. The Bertz CT molecular complexity index is 608. The number of hydrogen-bond acceptors (Lipinski definition) is 2. The topological polar surface area (TPSA) is 35.2 Å². The molecule has 0 saturated carbocycles. The molecule has 0 aliphatic carbocycles. The number of ether oxygens (including phenoxy) is 1. The van der Waals surface area contributed by atoms with Gasteiger partial charge in [-0.15, -0.1) is 0 Å². The number of nitrogens with two attached hydrogens (primary N) is 1. The maximum Gasteiger partial charge on any atom is 0.419 e. The number of alkyl halides is 3. The molecular weight excluding hydrogens is 267 g/mol. The van der Waals surface area contributed by atoms with E-state index in [1.54, 1.807) is 25.1 Å². The van der Waals surface area contributed by atoms with E-state index in [0.717, 1.165) is 11.6 Å². The molecule has 0 radical (unpaired) electrons. The third-order valence-corrected chi connectivity index (χ3v) is 2.92. The van der Waals surface area contributed by atoms with Gasteiger partial charge in [0.25, 0.3) is 0 Å². The molecule has 5 heteroatoms. The largest absolute Gasteiger partial charge is 0.456 e. The zero-order valence-corrected chi connectivity index (χ0v) is 10.9. The molecule has 20 heavy (non-hydrogen) atoms. The van der Waals surface area contributed by atoms with E-state index < -0.39 is 11.7 Å². The quantitative estimate of drug-likeness (QED) is 0.912. The summed E-state index contributed by atoms with van der Waals surface area (Å²) < 4.78 is 44.3. The lowest BCUT2D eigenvalue weighted by atomic mass is 10.1. The Morgan fingerprint density at radius 1 is 1.05 bits per heavy atom. The molecule has 2 nitrogen and oxygen atoms in total. The van der Waals surface area contributed by atoms with E-state index in [2.05, 4.69) is 0 Å². The first kappa shape index (κ1) is 14.4. The number of hydrogen-bond donors (Lipinski definition) is 1. The Balaban J connectivity index is 2.46. The molecule has 0 saturated heterocycles. The fourth-order valence-corrected chi connectivity index (χ4v) is 1.92. The van der Waals surface area contributed by atoms with Gasteiger partial charge in [0.1, 0.15) is 11.5 Å². The van der Waals surface area contributed by atoms with E-state index in [0.29, 0.717) is 11.3 Å². The summed E-state index contributed by atoms with van der Waals surface area (Å²) in [6.07, 6.45) is -4.46. The highest BCUT2D eigenvalue weighted by atomic mass is 19.4. The smallest absolute Gasteiger partial charge is 0.419 e. The minimum Gasteiger partial charge on any atom is -0.456 e. The summed E-state index contributed by atoms with van der Waals surface area (Å²) in [6, 6.07) is 10.4. The van der Waals surface area contributed by atoms with Crippen molar-refractivity contribution in [3.8, 4) is 11.5 Å². The van der Waals surface area contributed by atoms with Crippen LogP contribution in [0.15, 0.2) is 42.5 Å². The van der Waals surface area contributed by atoms with E-state index >= 15 is 0 Å². The zero-order chi connectivity index (χ0) is 14.8. The first-order chi connectivity index (χ1) is 9.43. The summed E-state index contributed by atoms with van der Waals surface area (Å²) in [6.45, 7) is 1.97. The van der Waals surface area contributed by atoms with Gasteiger partial charge in [0.15, 0.2) is 0 Å². The van der Waals surface area contributed by atoms with Crippen molar-refractivity contribution in [3.63, 3.8) is 0 Å². The summed E-state index contributed by atoms with van der Waals surface area (Å²) in [4.78, 5) is 0. The van der Waals surface area contributed by atoms with Crippen LogP contribution in [0.2, 0.25) is 0 Å². The number of para-hydroxylation sites is 2. The van der Waals surface area contributed by atoms with Gasteiger partial charge in [0, 0.05) is 12.1 Å². The Morgan fingerprint density at radius 3 is 2.40 bits per heavy atom. The number of benzene rings is 2. The maximum absolute atomic E-state index is 12.9. The second kappa shape index (κ2) is 5.54. The molecule has 0 atom stereocenters. The van der Waals surface area contributed by atoms with Gasteiger partial charge >= 0.3 is 6.18 Å². The molecule has 0 unspecified atom stereocenters. The fraction of sp³-hybridized carbons (Fsp3) is 0.200. The van der Waals surface area contributed by atoms with Crippen molar-refractivity contribution in [2.45, 2.75) is 19.6 Å². The predicted octanol–water partition coefficient (Wildman–Crippen LogP) is 4.26. The summed E-state index contributed by atoms with van der Waals surface area (Å²) >= 11 is 0. The van der Waals surface area contributed by atoms with Crippen LogP contribution in [0, 0.1) is 6.92 Å². The minimum absolute atomic E-state index is 0.200. The van der Waals surface area contributed by atoms with Gasteiger partial charge < -0.3 is 10.5 Å². The molecular formula is C15H14F3NO. The molecule has 2 aromatic carbocycles. The number of halogens is 3. The zero-order valence-electron chi connectivity index (χ0n) is 10.9. The monoisotopic (exact) mass is 281 g/mol. The maximum atomic E-state index is 12.9. The summed E-state index contributed by atoms with van der Waals surface area (Å²) in [5.74, 6) is 0.163. The molecule has 2 rings (SSSR count). The molecule has 0 heterocycles. The van der Waals surface area contributed by atoms with E-state index in [1.807, 2.05) is 0 Å². The first-order valence-corrected chi connectivity index (χ1v) is 6.06. The van der Waals surface area contributed by atoms with Crippen LogP contribution < -0.4 is 10.5 Å². The van der Waals surface area contributed by atoms with Crippen LogP contribution in [-0.2, 0) is 12.7 Å². The highest BCUT2D eigenvalue weighted by Crippen LogP contribution is 2.39. The SMILES string of the molecule is Cc1cccc(CN)c1Oc1ccccc1C(F)(F)F. The second-order valence-corrected chi connectivity index (χ2v) is 4.36. The van der Waals surface area contributed by atoms with E-state index in [9.17, 15) is 13.2 Å². The van der Waals surface area contributed by atoms with Gasteiger partial charge in [0.05, 0.1) is 5.56 Å². The molecule has 106 valence electrons. The lowest BCUT2D eigenvalue weighted by Gasteiger charge is -2.16. The van der Waals surface area contributed by atoms with Crippen LogP contribution in [0.5, 0.6) is 11.5 Å². The summed E-state index contributed by atoms with van der Waals surface area (Å²) in [5, 5.41) is 0. The van der Waals surface area contributed by atoms with Crippen LogP contribution >= 0.6 is 0 Å². The Morgan fingerprint density at radius 2 is 1.75 bits per heavy atom. The fourth-order valence-electron chi connectivity index (χ4n) is 1.92. The highest BCUT2D eigenvalue weighted by molar-refractivity contribution is 5.46. The van der Waals surface area contributed by atoms with Crippen LogP contribution in [0.25, 0.3) is 0 Å². The predicted molar refractivity (Wildman–Crippen MR) is 70.6 cm³/mol. The normalized spacial score (nSPS) is 11.4. The molecule has 0 bridgehead atoms. The lowest BCUT2D eigenvalue weighted by molar-refractivity contribution is -0.138. The van der Waals surface area contributed by atoms with Gasteiger partial charge in [-0.25, -0.2) is 0 Å². The molecule has 2 N–H and O–H groups in total. The van der Waals surface area contributed by atoms with Gasteiger partial charge in [-0.3, -0.25) is 0 Å². The van der Waals surface area contributed by atoms with E-state index in [-0.39, 0.29) is 12.3 Å². The lowest BCUT2D eigenvalue weighted by Crippen LogP contribution is -2.08. The van der Waals surface area contributed by atoms with Crippen LogP contribution in [-0.4, -0.2) is 0 Å². The standard InChI is InChI=1S/C15H14F3NO/c1-10-5-4-6-11(9-19)14(10)20-13-8-3-2-7-12(13)15(16,17)18/h2-8H,9,19H2,1H3. The number of rotatable bonds is 3. The average molecular weight is 281 g/mol. The van der Waals surface area contributed by atoms with Crippen molar-refractivity contribution >= 4 is 0 Å². The molecule has 0 aromatic heterocycles.